The molecule has 0 saturated carbocycles. The van der Waals surface area contributed by atoms with E-state index in [9.17, 15) is 34.8 Å². The van der Waals surface area contributed by atoms with Crippen LogP contribution >= 0.6 is 0 Å². The number of esters is 1. The number of ketones is 1. The lowest BCUT2D eigenvalue weighted by Gasteiger charge is -2.51. The van der Waals surface area contributed by atoms with Crippen molar-refractivity contribution in [3.05, 3.63) is 23.8 Å². The highest BCUT2D eigenvalue weighted by molar-refractivity contribution is 5.91. The second kappa shape index (κ2) is 24.2. The minimum Gasteiger partial charge on any atom is -0.462 e. The van der Waals surface area contributed by atoms with Crippen molar-refractivity contribution in [2.24, 2.45) is 29.6 Å². The van der Waals surface area contributed by atoms with Crippen LogP contribution in [0, 0.1) is 29.6 Å². The third kappa shape index (κ3) is 13.3. The molecule has 4 N–H and O–H groups in total. The van der Waals surface area contributed by atoms with Gasteiger partial charge in [-0.2, -0.15) is 0 Å². The first kappa shape index (κ1) is 54.4. The van der Waals surface area contributed by atoms with Gasteiger partial charge in [0, 0.05) is 56.8 Å². The number of allylic oxidation sites excluding steroid dienone is 3. The molecule has 64 heavy (non-hydrogen) atoms. The minimum absolute atomic E-state index is 0.0115. The summed E-state index contributed by atoms with van der Waals surface area (Å²) in [5.74, 6) is -3.62. The van der Waals surface area contributed by atoms with Gasteiger partial charge in [-0.25, -0.2) is 0 Å². The van der Waals surface area contributed by atoms with Crippen molar-refractivity contribution in [1.29, 1.82) is 0 Å². The molecule has 4 aliphatic rings. The first-order chi connectivity index (χ1) is 30.1. The molecule has 4 aliphatic heterocycles. The fraction of sp³-hybridized carbons (Fsp3) is 0.851. The van der Waals surface area contributed by atoms with E-state index in [0.717, 1.165) is 6.29 Å². The average molecular weight is 914 g/mol. The van der Waals surface area contributed by atoms with E-state index in [0.29, 0.717) is 12.0 Å². The number of carbonyl (C=O) groups is 3. The molecule has 4 rings (SSSR count). The number of ether oxygens (including phenoxy) is 9. The zero-order chi connectivity index (χ0) is 47.8. The molecule has 0 bridgehead atoms. The zero-order valence-corrected chi connectivity index (χ0v) is 40.2. The summed E-state index contributed by atoms with van der Waals surface area (Å²) in [5.41, 5.74) is -0.973. The molecule has 17 heteroatoms. The first-order valence-corrected chi connectivity index (χ1v) is 23.0. The Labute approximate surface area is 380 Å². The summed E-state index contributed by atoms with van der Waals surface area (Å²) in [4.78, 5) is 41.9. The summed E-state index contributed by atoms with van der Waals surface area (Å²) in [6.45, 7) is 16.0. The summed E-state index contributed by atoms with van der Waals surface area (Å²) in [6.07, 6.45) is -5.25. The molecule has 3 saturated heterocycles. The number of carbonyl (C=O) groups excluding carboxylic acids is 3. The second-order valence-electron chi connectivity index (χ2n) is 19.1. The van der Waals surface area contributed by atoms with Crippen molar-refractivity contribution < 1.29 is 77.4 Å². The van der Waals surface area contributed by atoms with Gasteiger partial charge in [0.1, 0.15) is 42.4 Å². The topological polar surface area (TPSA) is 218 Å². The number of rotatable bonds is 13. The van der Waals surface area contributed by atoms with Crippen LogP contribution in [0.15, 0.2) is 23.8 Å². The van der Waals surface area contributed by atoms with Crippen molar-refractivity contribution in [3.8, 4) is 0 Å². The van der Waals surface area contributed by atoms with E-state index in [4.69, 9.17) is 42.6 Å². The van der Waals surface area contributed by atoms with Crippen molar-refractivity contribution in [3.63, 3.8) is 0 Å². The van der Waals surface area contributed by atoms with Gasteiger partial charge in [-0.3, -0.25) is 9.59 Å². The quantitative estimate of drug-likeness (QED) is 0.154. The maximum Gasteiger partial charge on any atom is 0.308 e. The van der Waals surface area contributed by atoms with E-state index < -0.39 is 127 Å². The van der Waals surface area contributed by atoms with Gasteiger partial charge in [0.15, 0.2) is 24.7 Å². The lowest BCUT2D eigenvalue weighted by molar-refractivity contribution is -0.353. The van der Waals surface area contributed by atoms with E-state index in [-0.39, 0.29) is 43.8 Å². The molecule has 0 aliphatic carbocycles. The highest BCUT2D eigenvalue weighted by atomic mass is 16.7. The van der Waals surface area contributed by atoms with Gasteiger partial charge in [-0.05, 0) is 73.5 Å². The molecule has 0 spiro atoms. The van der Waals surface area contributed by atoms with Crippen LogP contribution in [0.1, 0.15) is 94.4 Å². The Hall–Kier alpha value is -2.23. The number of nitrogens with zero attached hydrogens (tertiary/aromatic N) is 1. The third-order valence-corrected chi connectivity index (χ3v) is 13.8. The van der Waals surface area contributed by atoms with Gasteiger partial charge in [-0.1, -0.05) is 45.4 Å². The van der Waals surface area contributed by atoms with Gasteiger partial charge in [0.25, 0.3) is 0 Å². The van der Waals surface area contributed by atoms with Gasteiger partial charge in [-0.15, -0.1) is 0 Å². The molecule has 0 amide bonds. The fourth-order valence-electron chi connectivity index (χ4n) is 9.71. The fourth-order valence-corrected chi connectivity index (χ4v) is 9.71. The van der Waals surface area contributed by atoms with Crippen LogP contribution < -0.4 is 0 Å². The Bertz CT molecular complexity index is 1560. The Balaban J connectivity index is 1.63. The molecule has 0 aromatic carbocycles. The normalized spacial score (nSPS) is 45.9. The molecule has 3 fully saturated rings. The number of methoxy groups -OCH3 is 2. The molecule has 0 aromatic rings. The van der Waals surface area contributed by atoms with Crippen molar-refractivity contribution in [2.45, 2.75) is 192 Å². The van der Waals surface area contributed by atoms with E-state index >= 15 is 0 Å². The van der Waals surface area contributed by atoms with Crippen LogP contribution in [-0.4, -0.2) is 176 Å². The number of aliphatic hydroxyl groups excluding tert-OH is 3. The summed E-state index contributed by atoms with van der Waals surface area (Å²) in [7, 11) is 6.73. The van der Waals surface area contributed by atoms with Crippen LogP contribution in [0.4, 0.5) is 0 Å². The van der Waals surface area contributed by atoms with Crippen molar-refractivity contribution >= 4 is 18.0 Å². The molecule has 21 atom stereocenters. The second-order valence-corrected chi connectivity index (χ2v) is 19.1. The smallest absolute Gasteiger partial charge is 0.308 e. The molecule has 368 valence electrons. The molecule has 0 aromatic heterocycles. The molecule has 4 heterocycles. The number of likely N-dealkylation sites (N-methyl/N-ethyl adjacent to an activating group) is 1. The average Bonchev–Trinajstić information content (AvgIpc) is 3.23. The third-order valence-electron chi connectivity index (χ3n) is 13.8. The predicted octanol–water partition coefficient (Wildman–Crippen LogP) is 3.11. The van der Waals surface area contributed by atoms with Crippen molar-refractivity contribution in [2.75, 3.05) is 34.9 Å². The molecular weight excluding hydrogens is 835 g/mol. The largest absolute Gasteiger partial charge is 0.462 e. The van der Waals surface area contributed by atoms with Crippen LogP contribution in [0.25, 0.3) is 0 Å². The van der Waals surface area contributed by atoms with Crippen molar-refractivity contribution in [1.82, 2.24) is 4.90 Å². The lowest BCUT2D eigenvalue weighted by Crippen LogP contribution is -2.65. The highest BCUT2D eigenvalue weighted by Gasteiger charge is 2.53. The number of cyclic esters (lactones) is 1. The van der Waals surface area contributed by atoms with E-state index in [1.807, 2.05) is 52.8 Å². The number of aliphatic hydroxyl groups is 4. The molecular formula is C47H79NO16. The monoisotopic (exact) mass is 914 g/mol. The summed E-state index contributed by atoms with van der Waals surface area (Å²) < 4.78 is 55.5. The Morgan fingerprint density at radius 2 is 1.52 bits per heavy atom. The number of aldehydes is 1. The minimum atomic E-state index is -1.68. The van der Waals surface area contributed by atoms with Gasteiger partial charge < -0.3 is 72.8 Å². The van der Waals surface area contributed by atoms with E-state index in [1.165, 1.54) is 27.2 Å². The van der Waals surface area contributed by atoms with Gasteiger partial charge in [0.05, 0.1) is 49.7 Å². The summed E-state index contributed by atoms with van der Waals surface area (Å²) in [6, 6.07) is -0.361. The SMILES string of the molecule is CC[C@H]1OC(=O)C[C@@H](O)[C@@H](C)[C@@H](O[C@@H]2O[C@H](C)[C@@H](OC3O[C@@H](C)C[C@H](O)[C@]3(C)O)[C@H](N(C)C)[C@H]2C)[C@H](CC=O)C[C@H](C)C(=O)/C=C/C(C)=C/[C@@H]1CO[C@@H]1O[C@H](C)[C@@H](O)[C@@H](OC)[C@H]1OC. The highest BCUT2D eigenvalue weighted by Crippen LogP contribution is 2.39. The lowest BCUT2D eigenvalue weighted by atomic mass is 9.79. The van der Waals surface area contributed by atoms with E-state index in [1.54, 1.807) is 33.8 Å². The molecule has 1 unspecified atom stereocenters. The van der Waals surface area contributed by atoms with Crippen LogP contribution in [0.5, 0.6) is 0 Å². The van der Waals surface area contributed by atoms with Crippen LogP contribution in [0.2, 0.25) is 0 Å². The van der Waals surface area contributed by atoms with Crippen LogP contribution in [0.3, 0.4) is 0 Å². The Morgan fingerprint density at radius 3 is 2.12 bits per heavy atom. The molecule has 17 nitrogen and oxygen atoms in total. The van der Waals surface area contributed by atoms with Crippen LogP contribution in [-0.2, 0) is 57.0 Å². The molecule has 0 radical (unpaired) electrons. The predicted molar refractivity (Wildman–Crippen MR) is 233 cm³/mol. The van der Waals surface area contributed by atoms with Gasteiger partial charge >= 0.3 is 5.97 Å². The maximum atomic E-state index is 13.8. The first-order valence-electron chi connectivity index (χ1n) is 23.0. The van der Waals surface area contributed by atoms with E-state index in [2.05, 4.69) is 0 Å². The summed E-state index contributed by atoms with van der Waals surface area (Å²) in [5, 5.41) is 44.5. The maximum absolute atomic E-state index is 13.8. The van der Waals surface area contributed by atoms with Gasteiger partial charge in [0.2, 0.25) is 0 Å². The zero-order valence-electron chi connectivity index (χ0n) is 40.2. The summed E-state index contributed by atoms with van der Waals surface area (Å²) >= 11 is 0. The number of hydrogen-bond donors (Lipinski definition) is 4. The number of hydrogen-bond acceptors (Lipinski definition) is 17. The Morgan fingerprint density at radius 1 is 0.859 bits per heavy atom. The standard InChI is InChI=1S/C47H79NO16/c1-14-35-32(23-58-45-43(57-13)42(56-12)39(54)29(7)60-45)19-24(2)15-16-33(50)25(3)20-31(17-18-49)40(27(5)34(51)22-37(53)62-35)63-44-28(6)38(48(10)11)41(30(8)61-44)64-46-47(9,55)36(52)21-26(4)59-46/h15-16,18-19,25-32,34-36,38-46,51-52,54-55H,14,17,20-23H2,1-13H3/b16-15+,24-19+/t25-,26-,27+,28+,29+,30+,31+,32+,34+,35+,36-,38+,39+,40+,41+,42+,43+,44-,45+,46?,47-/m0/s1. The Kier molecular flexibility index (Phi) is 20.5.